The maximum absolute atomic E-state index is 13.2. The number of nitrogens with zero attached hydrogens (tertiary/aromatic N) is 4. The summed E-state index contributed by atoms with van der Waals surface area (Å²) in [5.74, 6) is 1.12. The van der Waals surface area contributed by atoms with Gasteiger partial charge in [0.05, 0.1) is 23.5 Å². The summed E-state index contributed by atoms with van der Waals surface area (Å²) in [5.41, 5.74) is 2.40. The number of hydrogen-bond donors (Lipinski definition) is 1. The van der Waals surface area contributed by atoms with Gasteiger partial charge in [-0.15, -0.1) is 0 Å². The zero-order valence-electron chi connectivity index (χ0n) is 14.9. The molecule has 4 rings (SSSR count). The minimum atomic E-state index is 0.0421. The molecule has 6 heteroatoms. The maximum Gasteiger partial charge on any atom is 0.257 e. The summed E-state index contributed by atoms with van der Waals surface area (Å²) in [6, 6.07) is 10.2. The van der Waals surface area contributed by atoms with Gasteiger partial charge in [0.15, 0.2) is 0 Å². The fourth-order valence-electron chi connectivity index (χ4n) is 3.76. The van der Waals surface area contributed by atoms with Gasteiger partial charge in [0, 0.05) is 37.5 Å². The van der Waals surface area contributed by atoms with Crippen molar-refractivity contribution in [2.75, 3.05) is 13.1 Å². The Balaban J connectivity index is 1.57. The van der Waals surface area contributed by atoms with E-state index >= 15 is 0 Å². The summed E-state index contributed by atoms with van der Waals surface area (Å²) in [6.45, 7) is 3.61. The van der Waals surface area contributed by atoms with E-state index in [0.29, 0.717) is 12.1 Å². The van der Waals surface area contributed by atoms with Gasteiger partial charge in [-0.3, -0.25) is 9.89 Å². The normalized spacial score (nSPS) is 17.4. The van der Waals surface area contributed by atoms with E-state index in [9.17, 15) is 4.79 Å². The number of nitrogens with one attached hydrogen (secondary N) is 1. The van der Waals surface area contributed by atoms with Gasteiger partial charge in [0.2, 0.25) is 0 Å². The van der Waals surface area contributed by atoms with Crippen LogP contribution in [-0.4, -0.2) is 43.6 Å². The predicted octanol–water partition coefficient (Wildman–Crippen LogP) is 3.31. The molecule has 1 atom stereocenters. The average molecular weight is 349 g/mol. The number of carbonyl (C=O) groups is 1. The first-order chi connectivity index (χ1) is 12.8. The molecule has 3 aromatic rings. The third-order valence-electron chi connectivity index (χ3n) is 5.07. The minimum Gasteiger partial charge on any atom is -0.336 e. The molecule has 1 amide bonds. The van der Waals surface area contributed by atoms with Gasteiger partial charge in [-0.1, -0.05) is 37.3 Å². The van der Waals surface area contributed by atoms with Gasteiger partial charge < -0.3 is 9.47 Å². The lowest BCUT2D eigenvalue weighted by atomic mass is 10.0. The summed E-state index contributed by atoms with van der Waals surface area (Å²) >= 11 is 0. The van der Waals surface area contributed by atoms with Crippen molar-refractivity contribution in [2.45, 2.75) is 32.2 Å². The number of amides is 1. The molecule has 0 radical (unpaired) electrons. The Morgan fingerprint density at radius 2 is 2.15 bits per heavy atom. The second kappa shape index (κ2) is 7.15. The summed E-state index contributed by atoms with van der Waals surface area (Å²) < 4.78 is 2.23. The van der Waals surface area contributed by atoms with E-state index in [-0.39, 0.29) is 11.9 Å². The molecule has 1 N–H and O–H groups in total. The van der Waals surface area contributed by atoms with Crippen molar-refractivity contribution < 1.29 is 4.79 Å². The Morgan fingerprint density at radius 3 is 2.96 bits per heavy atom. The van der Waals surface area contributed by atoms with E-state index in [2.05, 4.69) is 26.7 Å². The first kappa shape index (κ1) is 16.6. The van der Waals surface area contributed by atoms with Crippen LogP contribution in [0.25, 0.3) is 11.3 Å². The van der Waals surface area contributed by atoms with Gasteiger partial charge in [-0.05, 0) is 12.8 Å². The van der Waals surface area contributed by atoms with Crippen LogP contribution in [-0.2, 0) is 6.42 Å². The quantitative estimate of drug-likeness (QED) is 0.786. The van der Waals surface area contributed by atoms with Gasteiger partial charge >= 0.3 is 0 Å². The number of likely N-dealkylation sites (tertiary alicyclic amines) is 1. The zero-order valence-corrected chi connectivity index (χ0v) is 14.9. The number of H-pyrrole nitrogens is 1. The molecule has 1 aliphatic heterocycles. The van der Waals surface area contributed by atoms with Crippen molar-refractivity contribution in [3.63, 3.8) is 0 Å². The third-order valence-corrected chi connectivity index (χ3v) is 5.07. The monoisotopic (exact) mass is 349 g/mol. The third kappa shape index (κ3) is 3.03. The first-order valence-electron chi connectivity index (χ1n) is 9.17. The molecule has 2 aromatic heterocycles. The van der Waals surface area contributed by atoms with Crippen LogP contribution in [0.1, 0.15) is 42.0 Å². The molecule has 1 aliphatic rings. The Bertz CT molecular complexity index is 883. The number of carbonyl (C=O) groups excluding carboxylic acids is 1. The van der Waals surface area contributed by atoms with E-state index in [1.165, 1.54) is 0 Å². The minimum absolute atomic E-state index is 0.0421. The molecule has 0 unspecified atom stereocenters. The molecule has 0 bridgehead atoms. The summed E-state index contributed by atoms with van der Waals surface area (Å²) in [5, 5.41) is 7.11. The molecular formula is C20H23N5O. The van der Waals surface area contributed by atoms with Crippen LogP contribution in [0.15, 0.2) is 48.9 Å². The van der Waals surface area contributed by atoms with Crippen LogP contribution >= 0.6 is 0 Å². The number of aryl methyl sites for hydroxylation is 1. The number of hydrogen-bond acceptors (Lipinski definition) is 3. The van der Waals surface area contributed by atoms with E-state index in [0.717, 1.165) is 42.9 Å². The van der Waals surface area contributed by atoms with E-state index in [1.54, 1.807) is 6.20 Å². The van der Waals surface area contributed by atoms with Crippen LogP contribution < -0.4 is 0 Å². The standard InChI is InChI=1S/C20H23N5O/c1-2-18-21-10-12-25(18)16-9-6-11-24(14-16)20(26)17-13-22-23-19(17)15-7-4-3-5-8-15/h3-5,7-8,10,12-13,16H,2,6,9,11,14H2,1H3,(H,22,23)/t16-/m0/s1. The predicted molar refractivity (Wildman–Crippen MR) is 99.8 cm³/mol. The van der Waals surface area contributed by atoms with Crippen LogP contribution in [0.4, 0.5) is 0 Å². The highest BCUT2D eigenvalue weighted by Gasteiger charge is 2.28. The van der Waals surface area contributed by atoms with Crippen LogP contribution in [0.3, 0.4) is 0 Å². The molecule has 1 saturated heterocycles. The van der Waals surface area contributed by atoms with Crippen molar-refractivity contribution in [1.82, 2.24) is 24.6 Å². The Labute approximate surface area is 152 Å². The number of rotatable bonds is 4. The highest BCUT2D eigenvalue weighted by atomic mass is 16.2. The smallest absolute Gasteiger partial charge is 0.257 e. The lowest BCUT2D eigenvalue weighted by Gasteiger charge is -2.34. The fourth-order valence-corrected chi connectivity index (χ4v) is 3.76. The lowest BCUT2D eigenvalue weighted by Crippen LogP contribution is -2.41. The molecule has 134 valence electrons. The Morgan fingerprint density at radius 1 is 1.31 bits per heavy atom. The molecule has 1 fully saturated rings. The van der Waals surface area contributed by atoms with Gasteiger partial charge in [-0.2, -0.15) is 5.10 Å². The summed E-state index contributed by atoms with van der Waals surface area (Å²) in [6.07, 6.45) is 8.49. The summed E-state index contributed by atoms with van der Waals surface area (Å²) in [4.78, 5) is 19.5. The molecular weight excluding hydrogens is 326 g/mol. The van der Waals surface area contributed by atoms with E-state index < -0.39 is 0 Å². The van der Waals surface area contributed by atoms with E-state index in [4.69, 9.17) is 0 Å². The summed E-state index contributed by atoms with van der Waals surface area (Å²) in [7, 11) is 0. The second-order valence-corrected chi connectivity index (χ2v) is 6.68. The molecule has 3 heterocycles. The second-order valence-electron chi connectivity index (χ2n) is 6.68. The van der Waals surface area contributed by atoms with Crippen LogP contribution in [0.2, 0.25) is 0 Å². The van der Waals surface area contributed by atoms with Crippen molar-refractivity contribution in [1.29, 1.82) is 0 Å². The van der Waals surface area contributed by atoms with Gasteiger partial charge in [0.25, 0.3) is 5.91 Å². The number of benzene rings is 1. The Kier molecular flexibility index (Phi) is 4.56. The van der Waals surface area contributed by atoms with Crippen molar-refractivity contribution in [2.24, 2.45) is 0 Å². The number of imidazole rings is 1. The molecule has 0 saturated carbocycles. The van der Waals surface area contributed by atoms with Crippen LogP contribution in [0.5, 0.6) is 0 Å². The van der Waals surface area contributed by atoms with Crippen LogP contribution in [0, 0.1) is 0 Å². The molecule has 0 aliphatic carbocycles. The average Bonchev–Trinajstić information content (AvgIpc) is 3.37. The first-order valence-corrected chi connectivity index (χ1v) is 9.17. The number of aromatic amines is 1. The SMILES string of the molecule is CCc1nccn1[C@H]1CCCN(C(=O)c2cn[nH]c2-c2ccccc2)C1. The number of aromatic nitrogens is 4. The lowest BCUT2D eigenvalue weighted by molar-refractivity contribution is 0.0679. The molecule has 26 heavy (non-hydrogen) atoms. The van der Waals surface area contributed by atoms with E-state index in [1.807, 2.05) is 47.6 Å². The van der Waals surface area contributed by atoms with Crippen molar-refractivity contribution in [3.05, 3.63) is 60.3 Å². The topological polar surface area (TPSA) is 66.8 Å². The van der Waals surface area contributed by atoms with Crippen molar-refractivity contribution >= 4 is 5.91 Å². The van der Waals surface area contributed by atoms with Crippen molar-refractivity contribution in [3.8, 4) is 11.3 Å². The molecule has 1 aromatic carbocycles. The Hall–Kier alpha value is -2.89. The number of piperidine rings is 1. The zero-order chi connectivity index (χ0) is 17.9. The highest BCUT2D eigenvalue weighted by Crippen LogP contribution is 2.27. The maximum atomic E-state index is 13.2. The van der Waals surface area contributed by atoms with Gasteiger partial charge in [-0.25, -0.2) is 4.98 Å². The molecule has 0 spiro atoms. The highest BCUT2D eigenvalue weighted by molar-refractivity contribution is 5.99. The molecule has 6 nitrogen and oxygen atoms in total. The fraction of sp³-hybridized carbons (Fsp3) is 0.350. The largest absolute Gasteiger partial charge is 0.336 e. The van der Waals surface area contributed by atoms with Gasteiger partial charge in [0.1, 0.15) is 5.82 Å².